The molecule has 1 amide bonds. The van der Waals surface area contributed by atoms with Crippen molar-refractivity contribution in [3.8, 4) is 11.5 Å². The SMILES string of the molecule is CN1CCC2CNc3c(O)c4c(c(OC(F)(F)F)c3C21)C[C@@H]1C[C@@H]2[C@@H](N(C)C)C(=O)C(C(N)=O)=C(O)[C@]2(O)C(=O)C1=C4O. The second-order valence-electron chi connectivity index (χ2n) is 12.2. The standard InChI is InChI=1S/C28H31F3N4O8/c1-34(2)19-12-7-10-6-11-14(20(36)13(10)24(39)27(12,42)25(40)16(22(19)38)26(32)41)21(37)17-15(23(11)43-28(29,30)31)18-9(8-33-17)4-5-35(18)3/h9-10,12,18-19,33,36-37,40,42H,4-8H2,1-3H3,(H2,32,41)/t9?,10-,12-,18?,19-,27-/m1/s1. The first-order valence-electron chi connectivity index (χ1n) is 13.8. The first kappa shape index (κ1) is 29.3. The van der Waals surface area contributed by atoms with E-state index in [0.29, 0.717) is 19.5 Å². The lowest BCUT2D eigenvalue weighted by molar-refractivity contribution is -0.275. The van der Waals surface area contributed by atoms with E-state index in [9.17, 15) is 48.0 Å². The molecule has 5 aliphatic rings. The van der Waals surface area contributed by atoms with Gasteiger partial charge in [0.1, 0.15) is 22.8 Å². The van der Waals surface area contributed by atoms with E-state index >= 15 is 0 Å². The predicted molar refractivity (Wildman–Crippen MR) is 143 cm³/mol. The topological polar surface area (TPSA) is 186 Å². The lowest BCUT2D eigenvalue weighted by Crippen LogP contribution is -2.65. The van der Waals surface area contributed by atoms with Crippen molar-refractivity contribution in [3.63, 3.8) is 0 Å². The second-order valence-corrected chi connectivity index (χ2v) is 12.2. The normalized spacial score (nSPS) is 32.1. The van der Waals surface area contributed by atoms with Crippen molar-refractivity contribution in [1.29, 1.82) is 0 Å². The van der Waals surface area contributed by atoms with Gasteiger partial charge in [0.25, 0.3) is 5.91 Å². The number of likely N-dealkylation sites (tertiary alicyclic amines) is 1. The van der Waals surface area contributed by atoms with Crippen LogP contribution in [-0.4, -0.2) is 99.9 Å². The molecule has 0 bridgehead atoms. The molecule has 1 aromatic carbocycles. The summed E-state index contributed by atoms with van der Waals surface area (Å²) in [7, 11) is 4.66. The van der Waals surface area contributed by atoms with E-state index in [1.807, 2.05) is 4.90 Å². The summed E-state index contributed by atoms with van der Waals surface area (Å²) in [6, 6.07) is -1.85. The van der Waals surface area contributed by atoms with E-state index in [-0.39, 0.29) is 35.6 Å². The van der Waals surface area contributed by atoms with Gasteiger partial charge in [0.15, 0.2) is 17.1 Å². The van der Waals surface area contributed by atoms with E-state index in [2.05, 4.69) is 10.1 Å². The minimum Gasteiger partial charge on any atom is -0.508 e. The van der Waals surface area contributed by atoms with Crippen LogP contribution in [0, 0.1) is 17.8 Å². The Kier molecular flexibility index (Phi) is 6.35. The van der Waals surface area contributed by atoms with Crippen LogP contribution >= 0.6 is 0 Å². The number of halogens is 3. The Morgan fingerprint density at radius 1 is 1.21 bits per heavy atom. The number of nitrogens with two attached hydrogens (primary N) is 1. The Labute approximate surface area is 243 Å². The Balaban J connectivity index is 1.61. The zero-order valence-electron chi connectivity index (χ0n) is 23.4. The summed E-state index contributed by atoms with van der Waals surface area (Å²) >= 11 is 0. The fourth-order valence-electron chi connectivity index (χ4n) is 7.99. The lowest BCUT2D eigenvalue weighted by atomic mass is 9.57. The van der Waals surface area contributed by atoms with E-state index in [1.54, 1.807) is 7.05 Å². The van der Waals surface area contributed by atoms with E-state index in [1.165, 1.54) is 19.0 Å². The van der Waals surface area contributed by atoms with Gasteiger partial charge in [-0.05, 0) is 58.8 Å². The monoisotopic (exact) mass is 608 g/mol. The van der Waals surface area contributed by atoms with Crippen molar-refractivity contribution in [2.45, 2.75) is 43.3 Å². The fraction of sp³-hybridized carbons (Fsp3) is 0.536. The average molecular weight is 609 g/mol. The summed E-state index contributed by atoms with van der Waals surface area (Å²) in [6.45, 7) is 0.922. The number of aromatic hydroxyl groups is 1. The third-order valence-electron chi connectivity index (χ3n) is 9.71. The van der Waals surface area contributed by atoms with Crippen LogP contribution < -0.4 is 15.8 Å². The third kappa shape index (κ3) is 3.90. The quantitative estimate of drug-likeness (QED) is 0.215. The number of nitrogens with zero attached hydrogens (tertiary/aromatic N) is 2. The molecule has 7 N–H and O–H groups in total. The average Bonchev–Trinajstić information content (AvgIpc) is 3.28. The Bertz CT molecular complexity index is 1550. The minimum atomic E-state index is -5.14. The van der Waals surface area contributed by atoms with Crippen LogP contribution in [0.3, 0.4) is 0 Å². The number of Topliss-reactive ketones (excluding diaryl/α,β-unsaturated/α-hetero) is 2. The molecule has 2 aliphatic heterocycles. The van der Waals surface area contributed by atoms with Gasteiger partial charge in [-0.1, -0.05) is 0 Å². The number of benzene rings is 1. The molecule has 12 nitrogen and oxygen atoms in total. The molecule has 43 heavy (non-hydrogen) atoms. The molecule has 1 saturated heterocycles. The Morgan fingerprint density at radius 3 is 2.49 bits per heavy atom. The zero-order valence-corrected chi connectivity index (χ0v) is 23.4. The fourth-order valence-corrected chi connectivity index (χ4v) is 7.99. The number of ether oxygens (including phenoxy) is 1. The van der Waals surface area contributed by atoms with Crippen molar-refractivity contribution in [3.05, 3.63) is 33.6 Å². The Morgan fingerprint density at radius 2 is 1.88 bits per heavy atom. The van der Waals surface area contributed by atoms with Crippen molar-refractivity contribution < 1.29 is 52.7 Å². The van der Waals surface area contributed by atoms with Gasteiger partial charge in [-0.25, -0.2) is 0 Å². The summed E-state index contributed by atoms with van der Waals surface area (Å²) in [6.07, 6.45) is -5.05. The van der Waals surface area contributed by atoms with Gasteiger partial charge < -0.3 is 36.2 Å². The summed E-state index contributed by atoms with van der Waals surface area (Å²) in [4.78, 5) is 42.7. The first-order valence-corrected chi connectivity index (χ1v) is 13.8. The number of rotatable bonds is 3. The number of phenolic OH excluding ortho intramolecular Hbond substituents is 1. The molecule has 6 rings (SSSR count). The van der Waals surface area contributed by atoms with Gasteiger partial charge >= 0.3 is 6.36 Å². The summed E-state index contributed by atoms with van der Waals surface area (Å²) in [5.41, 5.74) is 0.402. The highest BCUT2D eigenvalue weighted by molar-refractivity contribution is 6.24. The number of nitrogens with one attached hydrogen (secondary N) is 1. The van der Waals surface area contributed by atoms with Gasteiger partial charge in [-0.2, -0.15) is 0 Å². The molecule has 1 aromatic rings. The maximum absolute atomic E-state index is 14.0. The number of phenols is 1. The summed E-state index contributed by atoms with van der Waals surface area (Å²) in [5, 5.41) is 48.6. The highest BCUT2D eigenvalue weighted by Gasteiger charge is 2.64. The van der Waals surface area contributed by atoms with Gasteiger partial charge in [-0.15, -0.1) is 13.2 Å². The van der Waals surface area contributed by atoms with E-state index in [4.69, 9.17) is 5.73 Å². The molecule has 1 saturated carbocycles. The predicted octanol–water partition coefficient (Wildman–Crippen LogP) is 1.28. The van der Waals surface area contributed by atoms with Crippen molar-refractivity contribution in [2.75, 3.05) is 39.5 Å². The number of anilines is 1. The largest absolute Gasteiger partial charge is 0.573 e. The number of fused-ring (bicyclic) bond motifs is 6. The number of alkyl halides is 3. The van der Waals surface area contributed by atoms with Crippen LogP contribution in [0.5, 0.6) is 11.5 Å². The second kappa shape index (κ2) is 9.34. The molecule has 2 heterocycles. The van der Waals surface area contributed by atoms with Crippen molar-refractivity contribution in [1.82, 2.24) is 9.80 Å². The van der Waals surface area contributed by atoms with Crippen LogP contribution in [0.25, 0.3) is 5.76 Å². The molecule has 0 spiro atoms. The van der Waals surface area contributed by atoms with Crippen molar-refractivity contribution in [2.24, 2.45) is 23.5 Å². The molecule has 232 valence electrons. The maximum atomic E-state index is 14.0. The highest BCUT2D eigenvalue weighted by Crippen LogP contribution is 2.59. The smallest absolute Gasteiger partial charge is 0.508 e. The number of carbonyl (C=O) groups excluding carboxylic acids is 3. The molecule has 2 unspecified atom stereocenters. The van der Waals surface area contributed by atoms with Crippen molar-refractivity contribution >= 4 is 28.9 Å². The Hall–Kier alpha value is -3.82. The van der Waals surface area contributed by atoms with Crippen LogP contribution in [-0.2, 0) is 20.8 Å². The van der Waals surface area contributed by atoms with Gasteiger partial charge in [0.05, 0.1) is 17.3 Å². The third-order valence-corrected chi connectivity index (χ3v) is 9.71. The van der Waals surface area contributed by atoms with Gasteiger partial charge in [-0.3, -0.25) is 24.2 Å². The maximum Gasteiger partial charge on any atom is 0.573 e. The first-order chi connectivity index (χ1) is 20.0. The van der Waals surface area contributed by atoms with E-state index in [0.717, 1.165) is 0 Å². The van der Waals surface area contributed by atoms with E-state index < -0.39 is 93.1 Å². The molecular weight excluding hydrogens is 577 g/mol. The molecule has 3 aliphatic carbocycles. The summed E-state index contributed by atoms with van der Waals surface area (Å²) < 4.78 is 46.4. The molecule has 0 aromatic heterocycles. The molecule has 0 radical (unpaired) electrons. The number of aliphatic hydroxyl groups excluding tert-OH is 2. The number of ketones is 2. The number of amides is 1. The number of likely N-dealkylation sites (N-methyl/N-ethyl adjacent to an activating group) is 1. The molecule has 2 fully saturated rings. The van der Waals surface area contributed by atoms with Crippen LogP contribution in [0.1, 0.15) is 35.6 Å². The van der Waals surface area contributed by atoms with Crippen LogP contribution in [0.4, 0.5) is 18.9 Å². The number of hydrogen-bond donors (Lipinski definition) is 6. The number of primary amides is 1. The van der Waals surface area contributed by atoms with Crippen LogP contribution in [0.2, 0.25) is 0 Å². The molecular formula is C28H31F3N4O8. The minimum absolute atomic E-state index is 0.0758. The number of hydrogen-bond acceptors (Lipinski definition) is 11. The zero-order chi connectivity index (χ0) is 31.5. The number of aliphatic hydroxyl groups is 3. The molecule has 15 heteroatoms. The van der Waals surface area contributed by atoms with Crippen LogP contribution in [0.15, 0.2) is 16.9 Å². The summed E-state index contributed by atoms with van der Waals surface area (Å²) in [5.74, 6) is -9.39. The highest BCUT2D eigenvalue weighted by atomic mass is 19.4. The van der Waals surface area contributed by atoms with Gasteiger partial charge in [0.2, 0.25) is 5.78 Å². The number of carbonyl (C=O) groups is 3. The lowest BCUT2D eigenvalue weighted by Gasteiger charge is -2.50. The molecule has 6 atom stereocenters. The van der Waals surface area contributed by atoms with Gasteiger partial charge in [0, 0.05) is 35.2 Å².